The fraction of sp³-hybridized carbons (Fsp3) is 0.619. The lowest BCUT2D eigenvalue weighted by Crippen LogP contribution is -2.12. The lowest BCUT2D eigenvalue weighted by atomic mass is 10.1. The molecular formula is C21H32O4. The molecule has 0 fully saturated rings. The van der Waals surface area contributed by atoms with Gasteiger partial charge in [-0.25, -0.2) is 9.59 Å². The van der Waals surface area contributed by atoms with Crippen LogP contribution in [0.3, 0.4) is 0 Å². The zero-order valence-electron chi connectivity index (χ0n) is 15.9. The van der Waals surface area contributed by atoms with Crippen molar-refractivity contribution in [1.82, 2.24) is 0 Å². The molecule has 4 heteroatoms. The van der Waals surface area contributed by atoms with Crippen molar-refractivity contribution in [3.63, 3.8) is 0 Å². The summed E-state index contributed by atoms with van der Waals surface area (Å²) in [6.07, 6.45) is 7.90. The Bertz CT molecular complexity index is 507. The molecule has 1 unspecified atom stereocenters. The highest BCUT2D eigenvalue weighted by Crippen LogP contribution is 2.10. The molecule has 0 spiro atoms. The zero-order valence-corrected chi connectivity index (χ0v) is 15.9. The molecule has 0 aromatic heterocycles. The van der Waals surface area contributed by atoms with Crippen molar-refractivity contribution < 1.29 is 19.1 Å². The van der Waals surface area contributed by atoms with E-state index >= 15 is 0 Å². The molecule has 0 aliphatic heterocycles. The molecule has 140 valence electrons. The van der Waals surface area contributed by atoms with Crippen LogP contribution in [-0.2, 0) is 9.47 Å². The number of esters is 2. The Balaban J connectivity index is 2.32. The highest BCUT2D eigenvalue weighted by atomic mass is 16.5. The summed E-state index contributed by atoms with van der Waals surface area (Å²) >= 11 is 0. The van der Waals surface area contributed by atoms with E-state index in [0.29, 0.717) is 30.3 Å². The Morgan fingerprint density at radius 1 is 0.840 bits per heavy atom. The monoisotopic (exact) mass is 348 g/mol. The number of carbonyl (C=O) groups is 2. The predicted molar refractivity (Wildman–Crippen MR) is 99.8 cm³/mol. The first-order chi connectivity index (χ1) is 12.1. The maximum Gasteiger partial charge on any atom is 0.338 e. The average Bonchev–Trinajstić information content (AvgIpc) is 2.65. The van der Waals surface area contributed by atoms with Crippen molar-refractivity contribution in [3.8, 4) is 0 Å². The summed E-state index contributed by atoms with van der Waals surface area (Å²) in [6.45, 7) is 7.15. The lowest BCUT2D eigenvalue weighted by Gasteiger charge is -2.10. The highest BCUT2D eigenvalue weighted by Gasteiger charge is 2.12. The fourth-order valence-electron chi connectivity index (χ4n) is 2.29. The molecule has 1 aromatic rings. The van der Waals surface area contributed by atoms with E-state index in [-0.39, 0.29) is 11.9 Å². The molecule has 1 aromatic carbocycles. The van der Waals surface area contributed by atoms with E-state index < -0.39 is 0 Å². The molecule has 1 rings (SSSR count). The number of unbranched alkanes of at least 4 members (excludes halogenated alkanes) is 5. The zero-order chi connectivity index (χ0) is 18.5. The number of hydrogen-bond donors (Lipinski definition) is 0. The second kappa shape index (κ2) is 12.5. The van der Waals surface area contributed by atoms with Crippen LogP contribution in [0.1, 0.15) is 86.4 Å². The Labute approximate surface area is 151 Å². The molecule has 0 N–H and O–H groups in total. The molecule has 0 heterocycles. The van der Waals surface area contributed by atoms with Crippen LogP contribution in [0.25, 0.3) is 0 Å². The van der Waals surface area contributed by atoms with E-state index in [9.17, 15) is 9.59 Å². The van der Waals surface area contributed by atoms with Crippen LogP contribution in [0.4, 0.5) is 0 Å². The van der Waals surface area contributed by atoms with Gasteiger partial charge in [-0.1, -0.05) is 59.3 Å². The summed E-state index contributed by atoms with van der Waals surface area (Å²) in [7, 11) is 0. The molecule has 0 aliphatic carbocycles. The van der Waals surface area contributed by atoms with Gasteiger partial charge in [0.05, 0.1) is 24.3 Å². The summed E-state index contributed by atoms with van der Waals surface area (Å²) in [6, 6.07) is 6.45. The van der Waals surface area contributed by atoms with Crippen LogP contribution in [-0.4, -0.2) is 25.2 Å². The Hall–Kier alpha value is -1.84. The number of benzene rings is 1. The highest BCUT2D eigenvalue weighted by molar-refractivity contribution is 5.93. The normalized spacial score (nSPS) is 11.8. The molecule has 0 amide bonds. The van der Waals surface area contributed by atoms with E-state index in [0.717, 1.165) is 19.3 Å². The molecule has 0 bridgehead atoms. The first-order valence-electron chi connectivity index (χ1n) is 9.52. The minimum atomic E-state index is -0.354. The van der Waals surface area contributed by atoms with Gasteiger partial charge in [0.2, 0.25) is 0 Å². The maximum absolute atomic E-state index is 12.0. The Kier molecular flexibility index (Phi) is 10.6. The largest absolute Gasteiger partial charge is 0.462 e. The number of carbonyl (C=O) groups excluding carboxylic acids is 2. The van der Waals surface area contributed by atoms with Crippen LogP contribution in [0.2, 0.25) is 0 Å². The minimum absolute atomic E-state index is 0.340. The smallest absolute Gasteiger partial charge is 0.338 e. The summed E-state index contributed by atoms with van der Waals surface area (Å²) in [5.41, 5.74) is 0.917. The molecule has 0 aliphatic rings. The second-order valence-corrected chi connectivity index (χ2v) is 6.59. The molecule has 0 radical (unpaired) electrons. The van der Waals surface area contributed by atoms with Gasteiger partial charge in [0.25, 0.3) is 0 Å². The number of hydrogen-bond acceptors (Lipinski definition) is 4. The van der Waals surface area contributed by atoms with Gasteiger partial charge in [-0.05, 0) is 36.6 Å². The van der Waals surface area contributed by atoms with E-state index in [1.54, 1.807) is 24.3 Å². The van der Waals surface area contributed by atoms with Crippen LogP contribution in [0, 0.1) is 5.92 Å². The first kappa shape index (κ1) is 21.2. The fourth-order valence-corrected chi connectivity index (χ4v) is 2.29. The molecular weight excluding hydrogens is 316 g/mol. The third-order valence-corrected chi connectivity index (χ3v) is 4.28. The van der Waals surface area contributed by atoms with Crippen molar-refractivity contribution in [2.75, 3.05) is 13.2 Å². The van der Waals surface area contributed by atoms with E-state index in [4.69, 9.17) is 9.47 Å². The number of rotatable bonds is 12. The lowest BCUT2D eigenvalue weighted by molar-refractivity contribution is 0.0443. The van der Waals surface area contributed by atoms with Crippen molar-refractivity contribution in [2.24, 2.45) is 5.92 Å². The predicted octanol–water partition coefficient (Wildman–Crippen LogP) is 5.41. The number of ether oxygens (including phenoxy) is 2. The van der Waals surface area contributed by atoms with Crippen LogP contribution in [0.5, 0.6) is 0 Å². The summed E-state index contributed by atoms with van der Waals surface area (Å²) in [4.78, 5) is 23.9. The van der Waals surface area contributed by atoms with Gasteiger partial charge in [0, 0.05) is 0 Å². The van der Waals surface area contributed by atoms with Crippen LogP contribution >= 0.6 is 0 Å². The summed E-state index contributed by atoms with van der Waals surface area (Å²) < 4.78 is 10.5. The minimum Gasteiger partial charge on any atom is -0.462 e. The average molecular weight is 348 g/mol. The Morgan fingerprint density at radius 3 is 1.92 bits per heavy atom. The molecule has 25 heavy (non-hydrogen) atoms. The van der Waals surface area contributed by atoms with Crippen molar-refractivity contribution in [1.29, 1.82) is 0 Å². The summed E-state index contributed by atoms with van der Waals surface area (Å²) in [5, 5.41) is 0. The van der Waals surface area contributed by atoms with Gasteiger partial charge in [0.15, 0.2) is 0 Å². The van der Waals surface area contributed by atoms with E-state index in [2.05, 4.69) is 13.8 Å². The third kappa shape index (κ3) is 8.71. The SMILES string of the molecule is CCCCCCCCOC(=O)c1ccc(C(=O)OCC(C)CC)cc1. The molecule has 1 atom stereocenters. The third-order valence-electron chi connectivity index (χ3n) is 4.28. The molecule has 0 saturated heterocycles. The van der Waals surface area contributed by atoms with Crippen molar-refractivity contribution >= 4 is 11.9 Å². The van der Waals surface area contributed by atoms with Gasteiger partial charge in [-0.3, -0.25) is 0 Å². The Morgan fingerprint density at radius 2 is 1.36 bits per heavy atom. The van der Waals surface area contributed by atoms with Crippen LogP contribution < -0.4 is 0 Å². The van der Waals surface area contributed by atoms with E-state index in [1.807, 2.05) is 6.92 Å². The van der Waals surface area contributed by atoms with Crippen molar-refractivity contribution in [2.45, 2.75) is 65.7 Å². The van der Waals surface area contributed by atoms with Gasteiger partial charge >= 0.3 is 11.9 Å². The topological polar surface area (TPSA) is 52.6 Å². The van der Waals surface area contributed by atoms with Gasteiger partial charge < -0.3 is 9.47 Å². The first-order valence-corrected chi connectivity index (χ1v) is 9.52. The standard InChI is InChI=1S/C21H32O4/c1-4-6-7-8-9-10-15-24-20(22)18-11-13-19(14-12-18)21(23)25-16-17(3)5-2/h11-14,17H,4-10,15-16H2,1-3H3. The maximum atomic E-state index is 12.0. The van der Waals surface area contributed by atoms with Gasteiger partial charge in [-0.2, -0.15) is 0 Å². The molecule has 0 saturated carbocycles. The molecule has 4 nitrogen and oxygen atoms in total. The second-order valence-electron chi connectivity index (χ2n) is 6.59. The summed E-state index contributed by atoms with van der Waals surface area (Å²) in [5.74, 6) is -0.347. The van der Waals surface area contributed by atoms with Crippen LogP contribution in [0.15, 0.2) is 24.3 Å². The van der Waals surface area contributed by atoms with Gasteiger partial charge in [-0.15, -0.1) is 0 Å². The van der Waals surface area contributed by atoms with Gasteiger partial charge in [0.1, 0.15) is 0 Å². The quantitative estimate of drug-likeness (QED) is 0.374. The van der Waals surface area contributed by atoms with E-state index in [1.165, 1.54) is 25.7 Å². The van der Waals surface area contributed by atoms with Crippen molar-refractivity contribution in [3.05, 3.63) is 35.4 Å².